The van der Waals surface area contributed by atoms with Crippen LogP contribution in [0, 0.1) is 10.5 Å². The number of thiocarbonyl (C=S) groups is 1. The van der Waals surface area contributed by atoms with Crippen molar-refractivity contribution in [2.45, 2.75) is 11.8 Å². The van der Waals surface area contributed by atoms with Crippen LogP contribution in [0.15, 0.2) is 47.4 Å². The van der Waals surface area contributed by atoms with Crippen molar-refractivity contribution in [3.8, 4) is 0 Å². The Morgan fingerprint density at radius 2 is 1.95 bits per heavy atom. The van der Waals surface area contributed by atoms with Crippen molar-refractivity contribution >= 4 is 55.5 Å². The van der Waals surface area contributed by atoms with Crippen LogP contribution in [0.2, 0.25) is 0 Å². The molecule has 2 aromatic carbocycles. The summed E-state index contributed by atoms with van der Waals surface area (Å²) in [5, 5.41) is 0. The first-order valence-electron chi connectivity index (χ1n) is 5.98. The molecule has 0 spiro atoms. The van der Waals surface area contributed by atoms with Gasteiger partial charge in [0.2, 0.25) is 0 Å². The van der Waals surface area contributed by atoms with Gasteiger partial charge in [0.15, 0.2) is 0 Å². The van der Waals surface area contributed by atoms with Gasteiger partial charge in [0.25, 0.3) is 10.0 Å². The Balaban J connectivity index is 2.36. The molecule has 0 aliphatic heterocycles. The topological polar surface area (TPSA) is 72.2 Å². The van der Waals surface area contributed by atoms with Gasteiger partial charge in [-0.25, -0.2) is 8.42 Å². The van der Waals surface area contributed by atoms with E-state index in [1.54, 1.807) is 37.3 Å². The summed E-state index contributed by atoms with van der Waals surface area (Å²) >= 11 is 7.04. The molecule has 0 fully saturated rings. The molecular formula is C14H13IN2O2S2. The molecule has 0 unspecified atom stereocenters. The van der Waals surface area contributed by atoms with Gasteiger partial charge in [-0.2, -0.15) is 0 Å². The maximum absolute atomic E-state index is 12.4. The largest absolute Gasteiger partial charge is 0.389 e. The lowest BCUT2D eigenvalue weighted by molar-refractivity contribution is 0.601. The normalized spacial score (nSPS) is 11.1. The van der Waals surface area contributed by atoms with Gasteiger partial charge in [-0.15, -0.1) is 0 Å². The third-order valence-corrected chi connectivity index (χ3v) is 5.12. The third kappa shape index (κ3) is 3.92. The van der Waals surface area contributed by atoms with E-state index in [1.807, 2.05) is 6.07 Å². The molecule has 0 heterocycles. The second-order valence-corrected chi connectivity index (χ2v) is 7.82. The summed E-state index contributed by atoms with van der Waals surface area (Å²) in [6.45, 7) is 1.78. The highest BCUT2D eigenvalue weighted by atomic mass is 127. The first-order valence-corrected chi connectivity index (χ1v) is 8.95. The molecule has 0 saturated carbocycles. The molecule has 0 radical (unpaired) electrons. The Morgan fingerprint density at radius 3 is 2.52 bits per heavy atom. The third-order valence-electron chi connectivity index (χ3n) is 2.85. The van der Waals surface area contributed by atoms with Crippen LogP contribution in [-0.2, 0) is 10.0 Å². The molecule has 2 aromatic rings. The van der Waals surface area contributed by atoms with Crippen molar-refractivity contribution in [3.05, 3.63) is 57.2 Å². The number of rotatable bonds is 4. The van der Waals surface area contributed by atoms with E-state index in [0.29, 0.717) is 11.3 Å². The highest BCUT2D eigenvalue weighted by molar-refractivity contribution is 14.1. The van der Waals surface area contributed by atoms with Crippen LogP contribution in [0.1, 0.15) is 11.1 Å². The van der Waals surface area contributed by atoms with Crippen LogP contribution >= 0.6 is 34.8 Å². The zero-order valence-electron chi connectivity index (χ0n) is 11.1. The molecule has 0 aromatic heterocycles. The molecule has 7 heteroatoms. The minimum absolute atomic E-state index is 0.180. The number of nitrogens with two attached hydrogens (primary N) is 1. The summed E-state index contributed by atoms with van der Waals surface area (Å²) in [5.74, 6) is 0. The maximum atomic E-state index is 12.4. The summed E-state index contributed by atoms with van der Waals surface area (Å²) in [6, 6.07) is 11.8. The Kier molecular flexibility index (Phi) is 4.84. The molecule has 21 heavy (non-hydrogen) atoms. The lowest BCUT2D eigenvalue weighted by atomic mass is 10.1. The van der Waals surface area contributed by atoms with E-state index in [0.717, 1.165) is 9.13 Å². The average Bonchev–Trinajstić information content (AvgIpc) is 2.37. The second kappa shape index (κ2) is 6.29. The van der Waals surface area contributed by atoms with Crippen LogP contribution in [0.25, 0.3) is 0 Å². The van der Waals surface area contributed by atoms with Gasteiger partial charge in [0.1, 0.15) is 4.99 Å². The molecule has 0 bridgehead atoms. The fourth-order valence-electron chi connectivity index (χ4n) is 1.85. The van der Waals surface area contributed by atoms with Gasteiger partial charge < -0.3 is 5.73 Å². The van der Waals surface area contributed by atoms with Gasteiger partial charge in [0.05, 0.1) is 4.90 Å². The smallest absolute Gasteiger partial charge is 0.261 e. The zero-order chi connectivity index (χ0) is 15.6. The van der Waals surface area contributed by atoms with Crippen molar-refractivity contribution in [2.24, 2.45) is 5.73 Å². The fraction of sp³-hybridized carbons (Fsp3) is 0.0714. The second-order valence-electron chi connectivity index (χ2n) is 4.46. The van der Waals surface area contributed by atoms with Gasteiger partial charge in [-0.05, 0) is 65.4 Å². The SMILES string of the molecule is Cc1cc(S(=O)(=O)Nc2cccc(I)c2)ccc1C(N)=S. The number of nitrogens with one attached hydrogen (secondary N) is 1. The monoisotopic (exact) mass is 432 g/mol. The molecule has 0 atom stereocenters. The summed E-state index contributed by atoms with van der Waals surface area (Å²) in [4.78, 5) is 0.431. The number of halogens is 1. The van der Waals surface area contributed by atoms with Crippen molar-refractivity contribution in [1.82, 2.24) is 0 Å². The lowest BCUT2D eigenvalue weighted by Crippen LogP contribution is -2.15. The van der Waals surface area contributed by atoms with E-state index in [1.165, 1.54) is 6.07 Å². The van der Waals surface area contributed by atoms with Crippen LogP contribution in [0.3, 0.4) is 0 Å². The van der Waals surface area contributed by atoms with Crippen molar-refractivity contribution in [3.63, 3.8) is 0 Å². The minimum atomic E-state index is -3.63. The predicted octanol–water partition coefficient (Wildman–Crippen LogP) is 3.03. The van der Waals surface area contributed by atoms with E-state index >= 15 is 0 Å². The number of hydrogen-bond acceptors (Lipinski definition) is 3. The Hall–Kier alpha value is -1.19. The van der Waals surface area contributed by atoms with Crippen molar-refractivity contribution in [1.29, 1.82) is 0 Å². The average molecular weight is 432 g/mol. The van der Waals surface area contributed by atoms with Crippen LogP contribution in [0.5, 0.6) is 0 Å². The quantitative estimate of drug-likeness (QED) is 0.576. The number of aryl methyl sites for hydroxylation is 1. The summed E-state index contributed by atoms with van der Waals surface area (Å²) in [5.41, 5.74) is 7.51. The van der Waals surface area contributed by atoms with E-state index < -0.39 is 10.0 Å². The van der Waals surface area contributed by atoms with Crippen LogP contribution < -0.4 is 10.5 Å². The molecule has 3 N–H and O–H groups in total. The summed E-state index contributed by atoms with van der Waals surface area (Å²) in [7, 11) is -3.63. The molecule has 4 nitrogen and oxygen atoms in total. The molecule has 0 amide bonds. The van der Waals surface area contributed by atoms with Crippen molar-refractivity contribution < 1.29 is 8.42 Å². The number of anilines is 1. The highest BCUT2D eigenvalue weighted by Gasteiger charge is 2.16. The van der Waals surface area contributed by atoms with Crippen LogP contribution in [-0.4, -0.2) is 13.4 Å². The first-order chi connectivity index (χ1) is 9.79. The van der Waals surface area contributed by atoms with Gasteiger partial charge in [0, 0.05) is 14.8 Å². The number of benzene rings is 2. The zero-order valence-corrected chi connectivity index (χ0v) is 14.9. The van der Waals surface area contributed by atoms with Crippen LogP contribution in [0.4, 0.5) is 5.69 Å². The Bertz CT molecular complexity index is 804. The molecule has 110 valence electrons. The number of sulfonamides is 1. The van der Waals surface area contributed by atoms with E-state index in [-0.39, 0.29) is 9.88 Å². The van der Waals surface area contributed by atoms with Gasteiger partial charge in [-0.3, -0.25) is 4.72 Å². The first kappa shape index (κ1) is 16.2. The predicted molar refractivity (Wildman–Crippen MR) is 97.0 cm³/mol. The van der Waals surface area contributed by atoms with E-state index in [4.69, 9.17) is 18.0 Å². The number of hydrogen-bond donors (Lipinski definition) is 2. The maximum Gasteiger partial charge on any atom is 0.261 e. The summed E-state index contributed by atoms with van der Waals surface area (Å²) < 4.78 is 28.2. The molecular weight excluding hydrogens is 419 g/mol. The van der Waals surface area contributed by atoms with E-state index in [2.05, 4.69) is 27.3 Å². The Morgan fingerprint density at radius 1 is 1.24 bits per heavy atom. The molecule has 0 aliphatic carbocycles. The molecule has 2 rings (SSSR count). The molecule has 0 aliphatic rings. The van der Waals surface area contributed by atoms with Gasteiger partial charge >= 0.3 is 0 Å². The summed E-state index contributed by atoms with van der Waals surface area (Å²) in [6.07, 6.45) is 0. The standard InChI is InChI=1S/C14H13IN2O2S2/c1-9-7-12(5-6-13(9)14(16)20)21(18,19)17-11-4-2-3-10(15)8-11/h2-8,17H,1H3,(H2,16,20). The minimum Gasteiger partial charge on any atom is -0.389 e. The van der Waals surface area contributed by atoms with Gasteiger partial charge in [-0.1, -0.05) is 24.4 Å². The van der Waals surface area contributed by atoms with E-state index in [9.17, 15) is 8.42 Å². The fourth-order valence-corrected chi connectivity index (χ4v) is 3.75. The molecule has 0 saturated heterocycles. The Labute approximate surface area is 142 Å². The van der Waals surface area contributed by atoms with Crippen molar-refractivity contribution in [2.75, 3.05) is 4.72 Å². The highest BCUT2D eigenvalue weighted by Crippen LogP contribution is 2.20. The lowest BCUT2D eigenvalue weighted by Gasteiger charge is -2.10.